The third kappa shape index (κ3) is 5.85. The fraction of sp³-hybridized carbons (Fsp3) is 0.192. The SMILES string of the molecule is CCC(Sc1nnc(C(C)Oc2ccccc2Cl)n1-c1ccccc1)C(=O)Nc1ccc(F)cc1F. The number of ether oxygens (including phenoxy) is 1. The van der Waals surface area contributed by atoms with Crippen LogP contribution in [0.25, 0.3) is 5.69 Å². The Labute approximate surface area is 216 Å². The van der Waals surface area contributed by atoms with E-state index in [9.17, 15) is 13.6 Å². The maximum atomic E-state index is 14.1. The molecule has 2 unspecified atom stereocenters. The molecule has 0 fully saturated rings. The van der Waals surface area contributed by atoms with E-state index >= 15 is 0 Å². The zero-order valence-electron chi connectivity index (χ0n) is 19.5. The van der Waals surface area contributed by atoms with Crippen molar-refractivity contribution in [3.63, 3.8) is 0 Å². The van der Waals surface area contributed by atoms with Crippen LogP contribution in [0.3, 0.4) is 0 Å². The first kappa shape index (κ1) is 25.7. The topological polar surface area (TPSA) is 69.0 Å². The number of aromatic nitrogens is 3. The molecule has 1 aromatic heterocycles. The number of carbonyl (C=O) groups is 1. The lowest BCUT2D eigenvalue weighted by molar-refractivity contribution is -0.115. The molecule has 0 bridgehead atoms. The van der Waals surface area contributed by atoms with Crippen LogP contribution < -0.4 is 10.1 Å². The van der Waals surface area contributed by atoms with Crippen molar-refractivity contribution >= 4 is 35.0 Å². The number of hydrogen-bond donors (Lipinski definition) is 1. The third-order valence-electron chi connectivity index (χ3n) is 5.28. The van der Waals surface area contributed by atoms with Crippen LogP contribution in [0.2, 0.25) is 5.02 Å². The van der Waals surface area contributed by atoms with Crippen LogP contribution in [0.5, 0.6) is 5.75 Å². The van der Waals surface area contributed by atoms with Gasteiger partial charge in [0.1, 0.15) is 17.4 Å². The van der Waals surface area contributed by atoms with Gasteiger partial charge in [0, 0.05) is 11.8 Å². The molecule has 2 atom stereocenters. The first-order chi connectivity index (χ1) is 17.4. The Morgan fingerprint density at radius 2 is 1.81 bits per heavy atom. The number of amides is 1. The summed E-state index contributed by atoms with van der Waals surface area (Å²) in [6, 6.07) is 19.6. The van der Waals surface area contributed by atoms with Crippen LogP contribution in [0.15, 0.2) is 78.0 Å². The van der Waals surface area contributed by atoms with Gasteiger partial charge in [0.25, 0.3) is 0 Å². The lowest BCUT2D eigenvalue weighted by Gasteiger charge is -2.19. The van der Waals surface area contributed by atoms with E-state index in [1.165, 1.54) is 17.8 Å². The number of halogens is 3. The second-order valence-corrected chi connectivity index (χ2v) is 9.41. The van der Waals surface area contributed by atoms with E-state index in [1.807, 2.05) is 60.9 Å². The zero-order chi connectivity index (χ0) is 25.7. The van der Waals surface area contributed by atoms with Gasteiger partial charge in [-0.15, -0.1) is 10.2 Å². The van der Waals surface area contributed by atoms with E-state index in [1.54, 1.807) is 12.1 Å². The predicted octanol–water partition coefficient (Wildman–Crippen LogP) is 6.85. The summed E-state index contributed by atoms with van der Waals surface area (Å²) < 4.78 is 35.2. The highest BCUT2D eigenvalue weighted by Crippen LogP contribution is 2.33. The Hall–Kier alpha value is -3.43. The predicted molar refractivity (Wildman–Crippen MR) is 137 cm³/mol. The molecule has 0 radical (unpaired) electrons. The van der Waals surface area contributed by atoms with Crippen molar-refractivity contribution in [2.75, 3.05) is 5.32 Å². The number of benzene rings is 3. The van der Waals surface area contributed by atoms with Gasteiger partial charge in [-0.2, -0.15) is 0 Å². The van der Waals surface area contributed by atoms with E-state index in [4.69, 9.17) is 16.3 Å². The number of carbonyl (C=O) groups excluding carboxylic acids is 1. The molecule has 186 valence electrons. The summed E-state index contributed by atoms with van der Waals surface area (Å²) in [6.45, 7) is 3.67. The summed E-state index contributed by atoms with van der Waals surface area (Å²) in [5, 5.41) is 11.6. The number of nitrogens with zero attached hydrogens (tertiary/aromatic N) is 3. The summed E-state index contributed by atoms with van der Waals surface area (Å²) in [6.07, 6.45) is -0.0868. The van der Waals surface area contributed by atoms with E-state index < -0.39 is 28.9 Å². The lowest BCUT2D eigenvalue weighted by Crippen LogP contribution is -2.25. The Balaban J connectivity index is 1.62. The number of thioether (sulfide) groups is 1. The second-order valence-electron chi connectivity index (χ2n) is 7.83. The summed E-state index contributed by atoms with van der Waals surface area (Å²) in [5.41, 5.74) is 0.696. The van der Waals surface area contributed by atoms with Gasteiger partial charge >= 0.3 is 0 Å². The molecular weight excluding hydrogens is 506 g/mol. The van der Waals surface area contributed by atoms with E-state index in [2.05, 4.69) is 15.5 Å². The van der Waals surface area contributed by atoms with Gasteiger partial charge in [-0.1, -0.05) is 60.6 Å². The van der Waals surface area contributed by atoms with E-state index in [-0.39, 0.29) is 5.69 Å². The Morgan fingerprint density at radius 1 is 1.08 bits per heavy atom. The number of rotatable bonds is 9. The standard InChI is InChI=1S/C26H23ClF2N4O2S/c1-3-23(25(34)30-21-14-13-17(28)15-20(21)29)36-26-32-31-24(33(26)18-9-5-4-6-10-18)16(2)35-22-12-8-7-11-19(22)27/h4-16,23H,3H2,1-2H3,(H,30,34). The second kappa shape index (κ2) is 11.5. The van der Waals surface area contributed by atoms with Gasteiger partial charge in [0.15, 0.2) is 17.1 Å². The summed E-state index contributed by atoms with van der Waals surface area (Å²) in [5.74, 6) is -0.969. The summed E-state index contributed by atoms with van der Waals surface area (Å²) >= 11 is 7.46. The van der Waals surface area contributed by atoms with Crippen LogP contribution in [0.4, 0.5) is 14.5 Å². The van der Waals surface area contributed by atoms with E-state index in [0.29, 0.717) is 28.2 Å². The van der Waals surface area contributed by atoms with E-state index in [0.717, 1.165) is 17.8 Å². The van der Waals surface area contributed by atoms with Crippen molar-refractivity contribution in [3.8, 4) is 11.4 Å². The minimum atomic E-state index is -0.844. The van der Waals surface area contributed by atoms with Crippen molar-refractivity contribution in [1.29, 1.82) is 0 Å². The van der Waals surface area contributed by atoms with Gasteiger partial charge < -0.3 is 10.1 Å². The highest BCUT2D eigenvalue weighted by Gasteiger charge is 2.26. The fourth-order valence-electron chi connectivity index (χ4n) is 3.48. The van der Waals surface area contributed by atoms with Crippen molar-refractivity contribution in [3.05, 3.63) is 95.3 Å². The Kier molecular flexibility index (Phi) is 8.22. The number of nitrogens with one attached hydrogen (secondary N) is 1. The Morgan fingerprint density at radius 3 is 2.50 bits per heavy atom. The third-order valence-corrected chi connectivity index (χ3v) is 6.90. The summed E-state index contributed by atoms with van der Waals surface area (Å²) in [7, 11) is 0. The smallest absolute Gasteiger partial charge is 0.238 e. The largest absolute Gasteiger partial charge is 0.481 e. The van der Waals surface area contributed by atoms with Crippen LogP contribution in [-0.4, -0.2) is 25.9 Å². The first-order valence-corrected chi connectivity index (χ1v) is 12.5. The molecule has 0 aliphatic carbocycles. The Bertz CT molecular complexity index is 1350. The summed E-state index contributed by atoms with van der Waals surface area (Å²) in [4.78, 5) is 13.0. The molecule has 0 saturated carbocycles. The molecule has 1 N–H and O–H groups in total. The maximum absolute atomic E-state index is 14.1. The van der Waals surface area contributed by atoms with Crippen LogP contribution in [0.1, 0.15) is 32.2 Å². The van der Waals surface area contributed by atoms with Gasteiger partial charge in [-0.25, -0.2) is 8.78 Å². The average Bonchev–Trinajstić information content (AvgIpc) is 3.30. The molecular formula is C26H23ClF2N4O2S. The molecule has 4 aromatic rings. The first-order valence-electron chi connectivity index (χ1n) is 11.2. The van der Waals surface area contributed by atoms with Crippen molar-refractivity contribution in [2.24, 2.45) is 0 Å². The van der Waals surface area contributed by atoms with Crippen LogP contribution in [-0.2, 0) is 4.79 Å². The molecule has 0 aliphatic heterocycles. The fourth-order valence-corrected chi connectivity index (χ4v) is 4.64. The molecule has 6 nitrogen and oxygen atoms in total. The zero-order valence-corrected chi connectivity index (χ0v) is 21.1. The molecule has 1 heterocycles. The molecule has 10 heteroatoms. The van der Waals surface area contributed by atoms with Crippen LogP contribution in [0, 0.1) is 11.6 Å². The van der Waals surface area contributed by atoms with Gasteiger partial charge in [-0.3, -0.25) is 9.36 Å². The molecule has 36 heavy (non-hydrogen) atoms. The highest BCUT2D eigenvalue weighted by atomic mass is 35.5. The monoisotopic (exact) mass is 528 g/mol. The minimum absolute atomic E-state index is 0.0903. The number of hydrogen-bond acceptors (Lipinski definition) is 5. The normalized spacial score (nSPS) is 12.7. The molecule has 1 amide bonds. The molecule has 3 aromatic carbocycles. The highest BCUT2D eigenvalue weighted by molar-refractivity contribution is 8.00. The molecule has 0 aliphatic rings. The average molecular weight is 529 g/mol. The van der Waals surface area contributed by atoms with Gasteiger partial charge in [-0.05, 0) is 49.7 Å². The van der Waals surface area contributed by atoms with Gasteiger partial charge in [0.05, 0.1) is 16.0 Å². The van der Waals surface area contributed by atoms with Gasteiger partial charge in [0.2, 0.25) is 5.91 Å². The number of para-hydroxylation sites is 2. The van der Waals surface area contributed by atoms with Crippen molar-refractivity contribution in [2.45, 2.75) is 36.8 Å². The minimum Gasteiger partial charge on any atom is -0.481 e. The maximum Gasteiger partial charge on any atom is 0.238 e. The molecule has 0 saturated heterocycles. The number of anilines is 1. The van der Waals surface area contributed by atoms with Crippen LogP contribution >= 0.6 is 23.4 Å². The molecule has 4 rings (SSSR count). The quantitative estimate of drug-likeness (QED) is 0.241. The lowest BCUT2D eigenvalue weighted by atomic mass is 10.2. The van der Waals surface area contributed by atoms with Crippen molar-refractivity contribution < 1.29 is 18.3 Å². The molecule has 0 spiro atoms. The van der Waals surface area contributed by atoms with Crippen molar-refractivity contribution in [1.82, 2.24) is 14.8 Å².